The van der Waals surface area contributed by atoms with Gasteiger partial charge in [0.2, 0.25) is 0 Å². The molecule has 0 aliphatic rings. The first-order valence-corrected chi connectivity index (χ1v) is 4.15. The third kappa shape index (κ3) is 1.98. The maximum Gasteiger partial charge on any atom is 0.284 e. The van der Waals surface area contributed by atoms with E-state index < -0.39 is 17.9 Å². The molecule has 1 N–H and O–H groups in total. The molecule has 0 spiro atoms. The number of hydrogen-bond acceptors (Lipinski definition) is 3. The number of halogens is 3. The number of pyridine rings is 1. The summed E-state index contributed by atoms with van der Waals surface area (Å²) in [6.45, 7) is 0. The lowest BCUT2D eigenvalue weighted by molar-refractivity contribution is 0.111. The molecule has 76 valence electrons. The van der Waals surface area contributed by atoms with Crippen molar-refractivity contribution in [3.8, 4) is 5.75 Å². The van der Waals surface area contributed by atoms with Gasteiger partial charge in [-0.25, -0.2) is 13.8 Å². The summed E-state index contributed by atoms with van der Waals surface area (Å²) in [5.74, 6) is -0.810. The Hall–Kier alpha value is -1.23. The molecule has 0 aromatic carbocycles. The number of aromatic hydroxyl groups is 1. The Balaban J connectivity index is 3.34. The van der Waals surface area contributed by atoms with Crippen molar-refractivity contribution in [3.63, 3.8) is 0 Å². The van der Waals surface area contributed by atoms with E-state index in [1.807, 2.05) is 0 Å². The molecule has 0 fully saturated rings. The number of aromatic nitrogens is 1. The van der Waals surface area contributed by atoms with Gasteiger partial charge in [-0.1, -0.05) is 0 Å². The summed E-state index contributed by atoms with van der Waals surface area (Å²) >= 11 is 5.39. The van der Waals surface area contributed by atoms with Gasteiger partial charge >= 0.3 is 0 Å². The van der Waals surface area contributed by atoms with Crippen LogP contribution >= 0.6 is 11.6 Å². The molecule has 6 heteroatoms. The van der Waals surface area contributed by atoms with E-state index in [0.717, 1.165) is 0 Å². The van der Waals surface area contributed by atoms with Crippen molar-refractivity contribution in [1.29, 1.82) is 0 Å². The van der Waals surface area contributed by atoms with Crippen LogP contribution in [0.2, 0.25) is 0 Å². The molecule has 0 unspecified atom stereocenters. The fourth-order valence-corrected chi connectivity index (χ4v) is 1.15. The van der Waals surface area contributed by atoms with Gasteiger partial charge in [0, 0.05) is 5.56 Å². The van der Waals surface area contributed by atoms with Crippen LogP contribution in [0.15, 0.2) is 6.07 Å². The largest absolute Gasteiger partial charge is 0.505 e. The van der Waals surface area contributed by atoms with E-state index in [1.54, 1.807) is 0 Å². The van der Waals surface area contributed by atoms with E-state index in [9.17, 15) is 18.7 Å². The van der Waals surface area contributed by atoms with E-state index in [0.29, 0.717) is 6.29 Å². The molecule has 0 aliphatic carbocycles. The molecule has 0 atom stereocenters. The van der Waals surface area contributed by atoms with E-state index >= 15 is 0 Å². The molecule has 0 amide bonds. The summed E-state index contributed by atoms with van der Waals surface area (Å²) in [6, 6.07) is 1.17. The minimum Gasteiger partial charge on any atom is -0.505 e. The van der Waals surface area contributed by atoms with E-state index in [2.05, 4.69) is 4.98 Å². The lowest BCUT2D eigenvalue weighted by Crippen LogP contribution is -1.99. The predicted molar refractivity (Wildman–Crippen MR) is 45.8 cm³/mol. The number of nitrogens with zero attached hydrogens (tertiary/aromatic N) is 1. The van der Waals surface area contributed by atoms with Crippen molar-refractivity contribution >= 4 is 17.9 Å². The zero-order valence-corrected chi connectivity index (χ0v) is 7.63. The zero-order chi connectivity index (χ0) is 10.7. The van der Waals surface area contributed by atoms with E-state index in [4.69, 9.17) is 11.6 Å². The smallest absolute Gasteiger partial charge is 0.284 e. The van der Waals surface area contributed by atoms with Crippen molar-refractivity contribution in [2.45, 2.75) is 12.3 Å². The van der Waals surface area contributed by atoms with Crippen molar-refractivity contribution in [2.24, 2.45) is 0 Å². The van der Waals surface area contributed by atoms with Gasteiger partial charge in [0.25, 0.3) is 6.43 Å². The first-order chi connectivity index (χ1) is 6.60. The van der Waals surface area contributed by atoms with Crippen LogP contribution in [-0.2, 0) is 5.88 Å². The maximum atomic E-state index is 12.3. The lowest BCUT2D eigenvalue weighted by atomic mass is 10.2. The molecule has 1 rings (SSSR count). The summed E-state index contributed by atoms with van der Waals surface area (Å²) in [7, 11) is 0. The van der Waals surface area contributed by atoms with Crippen LogP contribution in [0.1, 0.15) is 28.2 Å². The number of carbonyl (C=O) groups is 1. The molecule has 0 aliphatic heterocycles. The number of hydrogen-bond donors (Lipinski definition) is 1. The minimum absolute atomic E-state index is 0.0686. The lowest BCUT2D eigenvalue weighted by Gasteiger charge is -2.06. The fourth-order valence-electron chi connectivity index (χ4n) is 0.950. The summed E-state index contributed by atoms with van der Waals surface area (Å²) in [5, 5.41) is 9.24. The SMILES string of the molecule is O=Cc1cc(CCl)c(O)c(C(F)F)n1. The monoisotopic (exact) mass is 221 g/mol. The van der Waals surface area contributed by atoms with E-state index in [-0.39, 0.29) is 17.1 Å². The third-order valence-corrected chi connectivity index (χ3v) is 1.88. The topological polar surface area (TPSA) is 50.2 Å². The molecule has 3 nitrogen and oxygen atoms in total. The van der Waals surface area contributed by atoms with Crippen LogP contribution in [-0.4, -0.2) is 16.4 Å². The number of aldehydes is 1. The molecular weight excluding hydrogens is 216 g/mol. The number of carbonyl (C=O) groups excluding carboxylic acids is 1. The molecule has 0 saturated heterocycles. The Morgan fingerprint density at radius 2 is 2.29 bits per heavy atom. The van der Waals surface area contributed by atoms with E-state index in [1.165, 1.54) is 6.07 Å². The Bertz CT molecular complexity index is 357. The van der Waals surface area contributed by atoms with Gasteiger partial charge < -0.3 is 5.11 Å². The quantitative estimate of drug-likeness (QED) is 0.629. The second kappa shape index (κ2) is 4.32. The summed E-state index contributed by atoms with van der Waals surface area (Å²) in [6.07, 6.45) is -2.61. The Kier molecular flexibility index (Phi) is 3.35. The van der Waals surface area contributed by atoms with Crippen LogP contribution < -0.4 is 0 Å². The zero-order valence-electron chi connectivity index (χ0n) is 6.88. The average Bonchev–Trinajstić information content (AvgIpc) is 2.17. The highest BCUT2D eigenvalue weighted by molar-refractivity contribution is 6.17. The van der Waals surface area contributed by atoms with Crippen molar-refractivity contribution in [3.05, 3.63) is 23.0 Å². The number of alkyl halides is 3. The van der Waals surface area contributed by atoms with Crippen LogP contribution in [0.5, 0.6) is 5.75 Å². The Labute approximate surface area is 83.3 Å². The third-order valence-electron chi connectivity index (χ3n) is 1.59. The normalized spacial score (nSPS) is 10.6. The van der Waals surface area contributed by atoms with Crippen LogP contribution in [0.25, 0.3) is 0 Å². The number of rotatable bonds is 3. The maximum absolute atomic E-state index is 12.3. The average molecular weight is 222 g/mol. The first kappa shape index (κ1) is 10.8. The van der Waals surface area contributed by atoms with Crippen molar-refractivity contribution in [2.75, 3.05) is 0 Å². The molecule has 1 aromatic rings. The highest BCUT2D eigenvalue weighted by atomic mass is 35.5. The van der Waals surface area contributed by atoms with Gasteiger partial charge in [-0.2, -0.15) is 0 Å². The summed E-state index contributed by atoms with van der Waals surface area (Å²) in [4.78, 5) is 13.6. The summed E-state index contributed by atoms with van der Waals surface area (Å²) < 4.78 is 24.6. The highest BCUT2D eigenvalue weighted by Crippen LogP contribution is 2.30. The van der Waals surface area contributed by atoms with Gasteiger partial charge in [0.15, 0.2) is 6.29 Å². The molecular formula is C8H6ClF2NO2. The van der Waals surface area contributed by atoms with Gasteiger partial charge in [-0.3, -0.25) is 4.79 Å². The molecule has 0 radical (unpaired) electrons. The van der Waals surface area contributed by atoms with Crippen LogP contribution in [0.4, 0.5) is 8.78 Å². The molecule has 0 saturated carbocycles. The Morgan fingerprint density at radius 3 is 2.71 bits per heavy atom. The fraction of sp³-hybridized carbons (Fsp3) is 0.250. The minimum atomic E-state index is -2.93. The molecule has 14 heavy (non-hydrogen) atoms. The highest BCUT2D eigenvalue weighted by Gasteiger charge is 2.18. The summed E-state index contributed by atoms with van der Waals surface area (Å²) in [5.41, 5.74) is -0.918. The first-order valence-electron chi connectivity index (χ1n) is 3.62. The molecule has 1 heterocycles. The van der Waals surface area contributed by atoms with Crippen molar-refractivity contribution < 1.29 is 18.7 Å². The van der Waals surface area contributed by atoms with Gasteiger partial charge in [-0.15, -0.1) is 11.6 Å². The predicted octanol–water partition coefficient (Wildman–Crippen LogP) is 2.28. The van der Waals surface area contributed by atoms with Gasteiger partial charge in [0.1, 0.15) is 17.1 Å². The van der Waals surface area contributed by atoms with Gasteiger partial charge in [0.05, 0.1) is 5.88 Å². The van der Waals surface area contributed by atoms with Crippen molar-refractivity contribution in [1.82, 2.24) is 4.98 Å². The van der Waals surface area contributed by atoms with Gasteiger partial charge in [-0.05, 0) is 6.07 Å². The second-order valence-electron chi connectivity index (χ2n) is 2.49. The standard InChI is InChI=1S/C8H6ClF2NO2/c9-2-4-1-5(3-13)12-6(7(4)14)8(10)11/h1,3,8,14H,2H2. The second-order valence-corrected chi connectivity index (χ2v) is 2.76. The van der Waals surface area contributed by atoms with Crippen LogP contribution in [0, 0.1) is 0 Å². The Morgan fingerprint density at radius 1 is 1.64 bits per heavy atom. The van der Waals surface area contributed by atoms with Crippen LogP contribution in [0.3, 0.4) is 0 Å². The molecule has 0 bridgehead atoms. The molecule has 1 aromatic heterocycles.